The molecular weight excluding hydrogens is 257 g/mol. The molecule has 104 valence electrons. The lowest BCUT2D eigenvalue weighted by Gasteiger charge is -2.08. The minimum absolute atomic E-state index is 0.00910. The van der Waals surface area contributed by atoms with Gasteiger partial charge in [-0.1, -0.05) is 30.3 Å². The van der Waals surface area contributed by atoms with Gasteiger partial charge >= 0.3 is 0 Å². The van der Waals surface area contributed by atoms with E-state index in [-0.39, 0.29) is 18.1 Å². The molecule has 2 rings (SSSR count). The van der Waals surface area contributed by atoms with Gasteiger partial charge in [-0.25, -0.2) is 4.39 Å². The van der Waals surface area contributed by atoms with Crippen molar-refractivity contribution >= 4 is 11.6 Å². The average molecular weight is 273 g/mol. The minimum atomic E-state index is -0.543. The second kappa shape index (κ2) is 6.30. The van der Waals surface area contributed by atoms with E-state index in [0.717, 1.165) is 5.56 Å². The van der Waals surface area contributed by atoms with E-state index in [1.54, 1.807) is 49.4 Å². The van der Waals surface area contributed by atoms with Gasteiger partial charge in [0.1, 0.15) is 5.82 Å². The number of nitrogens with one attached hydrogen (secondary N) is 1. The molecule has 0 radical (unpaired) electrons. The Morgan fingerprint density at radius 3 is 2.45 bits per heavy atom. The lowest BCUT2D eigenvalue weighted by atomic mass is 10.1. The molecule has 0 aromatic heterocycles. The van der Waals surface area contributed by atoms with Crippen LogP contribution in [0.3, 0.4) is 0 Å². The number of aliphatic hydroxyl groups is 1. The highest BCUT2D eigenvalue weighted by Gasteiger charge is 2.08. The molecule has 20 heavy (non-hydrogen) atoms. The first kappa shape index (κ1) is 14.2. The Hall–Kier alpha value is -2.20. The zero-order valence-corrected chi connectivity index (χ0v) is 11.1. The second-order valence-electron chi connectivity index (χ2n) is 4.61. The van der Waals surface area contributed by atoms with Gasteiger partial charge in [0, 0.05) is 5.69 Å². The molecule has 0 spiro atoms. The predicted molar refractivity (Wildman–Crippen MR) is 75.8 cm³/mol. The number of hydrogen-bond acceptors (Lipinski definition) is 2. The van der Waals surface area contributed by atoms with E-state index in [0.29, 0.717) is 11.3 Å². The molecule has 1 atom stereocenters. The zero-order valence-electron chi connectivity index (χ0n) is 11.1. The third-order valence-corrected chi connectivity index (χ3v) is 2.99. The van der Waals surface area contributed by atoms with Crippen molar-refractivity contribution in [3.05, 3.63) is 65.5 Å². The molecule has 2 N–H and O–H groups in total. The third kappa shape index (κ3) is 3.65. The van der Waals surface area contributed by atoms with Crippen LogP contribution in [0.4, 0.5) is 10.1 Å². The molecule has 2 aromatic rings. The molecule has 3 nitrogen and oxygen atoms in total. The van der Waals surface area contributed by atoms with Gasteiger partial charge in [-0.2, -0.15) is 0 Å². The summed E-state index contributed by atoms with van der Waals surface area (Å²) in [6.45, 7) is 1.67. The van der Waals surface area contributed by atoms with Gasteiger partial charge in [0.25, 0.3) is 0 Å². The monoisotopic (exact) mass is 273 g/mol. The fourth-order valence-corrected chi connectivity index (χ4v) is 1.86. The largest absolute Gasteiger partial charge is 0.389 e. The van der Waals surface area contributed by atoms with Crippen molar-refractivity contribution in [2.45, 2.75) is 19.4 Å². The molecule has 0 saturated heterocycles. The summed E-state index contributed by atoms with van der Waals surface area (Å²) in [6.07, 6.45) is -0.552. The Morgan fingerprint density at radius 1 is 1.20 bits per heavy atom. The van der Waals surface area contributed by atoms with Crippen LogP contribution in [-0.4, -0.2) is 11.0 Å². The van der Waals surface area contributed by atoms with E-state index in [4.69, 9.17) is 0 Å². The lowest BCUT2D eigenvalue weighted by molar-refractivity contribution is -0.115. The van der Waals surface area contributed by atoms with Gasteiger partial charge in [0.15, 0.2) is 0 Å². The van der Waals surface area contributed by atoms with Gasteiger partial charge in [-0.3, -0.25) is 4.79 Å². The maximum atomic E-state index is 13.4. The summed E-state index contributed by atoms with van der Waals surface area (Å²) in [5, 5.41) is 12.1. The normalized spacial score (nSPS) is 11.9. The summed E-state index contributed by atoms with van der Waals surface area (Å²) in [6, 6.07) is 13.1. The number of anilines is 1. The lowest BCUT2D eigenvalue weighted by Crippen LogP contribution is -2.15. The summed E-state index contributed by atoms with van der Waals surface area (Å²) >= 11 is 0. The molecule has 0 saturated carbocycles. The first-order valence-corrected chi connectivity index (χ1v) is 6.37. The van der Waals surface area contributed by atoms with Crippen LogP contribution in [-0.2, 0) is 11.2 Å². The Kier molecular flexibility index (Phi) is 4.48. The molecule has 0 aliphatic carbocycles. The fourth-order valence-electron chi connectivity index (χ4n) is 1.86. The Balaban J connectivity index is 1.99. The molecule has 1 unspecified atom stereocenters. The fraction of sp³-hybridized carbons (Fsp3) is 0.188. The van der Waals surface area contributed by atoms with Gasteiger partial charge < -0.3 is 10.4 Å². The smallest absolute Gasteiger partial charge is 0.228 e. The van der Waals surface area contributed by atoms with Gasteiger partial charge in [-0.15, -0.1) is 0 Å². The SMILES string of the molecule is CC(O)c1ccc(NC(=O)Cc2ccccc2F)cc1. The van der Waals surface area contributed by atoms with Gasteiger partial charge in [-0.05, 0) is 36.2 Å². The summed E-state index contributed by atoms with van der Waals surface area (Å²) < 4.78 is 13.4. The van der Waals surface area contributed by atoms with E-state index < -0.39 is 6.10 Å². The predicted octanol–water partition coefficient (Wildman–Crippen LogP) is 3.06. The zero-order chi connectivity index (χ0) is 14.5. The van der Waals surface area contributed by atoms with Crippen molar-refractivity contribution in [1.82, 2.24) is 0 Å². The number of aliphatic hydroxyl groups excluding tert-OH is 1. The summed E-state index contributed by atoms with van der Waals surface area (Å²) in [5.74, 6) is -0.660. The van der Waals surface area contributed by atoms with Crippen LogP contribution in [0.25, 0.3) is 0 Å². The standard InChI is InChI=1S/C16H16FNO2/c1-11(19)12-6-8-14(9-7-12)18-16(20)10-13-4-2-3-5-15(13)17/h2-9,11,19H,10H2,1H3,(H,18,20). The van der Waals surface area contributed by atoms with Crippen molar-refractivity contribution in [3.63, 3.8) is 0 Å². The first-order valence-electron chi connectivity index (χ1n) is 6.37. The van der Waals surface area contributed by atoms with Crippen molar-refractivity contribution in [2.75, 3.05) is 5.32 Å². The van der Waals surface area contributed by atoms with Gasteiger partial charge in [0.05, 0.1) is 12.5 Å². The van der Waals surface area contributed by atoms with Crippen molar-refractivity contribution in [2.24, 2.45) is 0 Å². The van der Waals surface area contributed by atoms with Crippen LogP contribution < -0.4 is 5.32 Å². The first-order chi connectivity index (χ1) is 9.56. The maximum Gasteiger partial charge on any atom is 0.228 e. The molecule has 0 heterocycles. The molecular formula is C16H16FNO2. The van der Waals surface area contributed by atoms with E-state index in [1.165, 1.54) is 6.07 Å². The van der Waals surface area contributed by atoms with Crippen LogP contribution in [0.1, 0.15) is 24.2 Å². The number of carbonyl (C=O) groups excluding carboxylic acids is 1. The van der Waals surface area contributed by atoms with Crippen LogP contribution >= 0.6 is 0 Å². The molecule has 0 aliphatic heterocycles. The van der Waals surface area contributed by atoms with Crippen molar-refractivity contribution in [1.29, 1.82) is 0 Å². The van der Waals surface area contributed by atoms with E-state index in [1.807, 2.05) is 0 Å². The highest BCUT2D eigenvalue weighted by atomic mass is 19.1. The number of benzene rings is 2. The third-order valence-electron chi connectivity index (χ3n) is 2.99. The Bertz CT molecular complexity index is 594. The quantitative estimate of drug-likeness (QED) is 0.899. The topological polar surface area (TPSA) is 49.3 Å². The highest BCUT2D eigenvalue weighted by Crippen LogP contribution is 2.16. The van der Waals surface area contributed by atoms with Crippen LogP contribution in [0.5, 0.6) is 0 Å². The molecule has 0 bridgehead atoms. The molecule has 0 aliphatic rings. The van der Waals surface area contributed by atoms with Crippen LogP contribution in [0, 0.1) is 5.82 Å². The Morgan fingerprint density at radius 2 is 1.85 bits per heavy atom. The summed E-state index contributed by atoms with van der Waals surface area (Å²) in [7, 11) is 0. The van der Waals surface area contributed by atoms with E-state index >= 15 is 0 Å². The van der Waals surface area contributed by atoms with Crippen LogP contribution in [0.2, 0.25) is 0 Å². The number of carbonyl (C=O) groups is 1. The number of amides is 1. The van der Waals surface area contributed by atoms with E-state index in [2.05, 4.69) is 5.32 Å². The van der Waals surface area contributed by atoms with Gasteiger partial charge in [0.2, 0.25) is 5.91 Å². The van der Waals surface area contributed by atoms with Crippen LogP contribution in [0.15, 0.2) is 48.5 Å². The number of hydrogen-bond donors (Lipinski definition) is 2. The van der Waals surface area contributed by atoms with Crippen molar-refractivity contribution in [3.8, 4) is 0 Å². The minimum Gasteiger partial charge on any atom is -0.389 e. The molecule has 2 aromatic carbocycles. The highest BCUT2D eigenvalue weighted by molar-refractivity contribution is 5.92. The molecule has 0 fully saturated rings. The molecule has 4 heteroatoms. The number of halogens is 1. The maximum absolute atomic E-state index is 13.4. The second-order valence-corrected chi connectivity index (χ2v) is 4.61. The summed E-state index contributed by atoms with van der Waals surface area (Å²) in [4.78, 5) is 11.8. The Labute approximate surface area is 117 Å². The number of rotatable bonds is 4. The van der Waals surface area contributed by atoms with E-state index in [9.17, 15) is 14.3 Å². The molecule has 1 amide bonds. The summed E-state index contributed by atoms with van der Waals surface area (Å²) in [5.41, 5.74) is 1.76. The average Bonchev–Trinajstić information content (AvgIpc) is 2.42. The van der Waals surface area contributed by atoms with Crippen molar-refractivity contribution < 1.29 is 14.3 Å².